The van der Waals surface area contributed by atoms with Crippen molar-refractivity contribution in [2.75, 3.05) is 7.11 Å². The summed E-state index contributed by atoms with van der Waals surface area (Å²) in [5, 5.41) is 11.0. The van der Waals surface area contributed by atoms with E-state index in [-0.39, 0.29) is 5.75 Å². The van der Waals surface area contributed by atoms with E-state index in [0.717, 1.165) is 5.82 Å². The van der Waals surface area contributed by atoms with Crippen molar-refractivity contribution in [1.82, 2.24) is 20.1 Å². The van der Waals surface area contributed by atoms with Crippen LogP contribution in [0.25, 0.3) is 23.0 Å². The smallest absolute Gasteiger partial charge is 0.490 e. The molecule has 27 heavy (non-hydrogen) atoms. The van der Waals surface area contributed by atoms with Crippen molar-refractivity contribution >= 4 is 5.97 Å². The minimum absolute atomic E-state index is 0.131. The van der Waals surface area contributed by atoms with Crippen molar-refractivity contribution in [3.05, 3.63) is 36.0 Å². The van der Waals surface area contributed by atoms with Crippen molar-refractivity contribution < 1.29 is 36.7 Å². The van der Waals surface area contributed by atoms with Crippen molar-refractivity contribution in [2.24, 2.45) is 0 Å². The average Bonchev–Trinajstić information content (AvgIpc) is 3.24. The lowest BCUT2D eigenvalue weighted by Crippen LogP contribution is -2.21. The van der Waals surface area contributed by atoms with Gasteiger partial charge in [-0.2, -0.15) is 18.2 Å². The molecule has 2 N–H and O–H groups in total. The maximum absolute atomic E-state index is 13.4. The summed E-state index contributed by atoms with van der Waals surface area (Å²) < 4.78 is 55.2. The third kappa shape index (κ3) is 5.03. The number of hydrogen-bond donors (Lipinski definition) is 2. The predicted molar refractivity (Wildman–Crippen MR) is 82.3 cm³/mol. The highest BCUT2D eigenvalue weighted by Gasteiger charge is 2.38. The number of carboxylic acid groups (broad SMARTS) is 1. The summed E-state index contributed by atoms with van der Waals surface area (Å²) >= 11 is 0. The topological polar surface area (TPSA) is 114 Å². The molecule has 0 atom stereocenters. The van der Waals surface area contributed by atoms with E-state index >= 15 is 0 Å². The SMILES string of the molecule is COc1cc(-c2noc(-c3cnc(C)[nH]3)n2)ccc1F.O=C(O)C(F)(F)F. The van der Waals surface area contributed by atoms with E-state index in [1.807, 2.05) is 6.92 Å². The van der Waals surface area contributed by atoms with Gasteiger partial charge in [0.2, 0.25) is 5.82 Å². The van der Waals surface area contributed by atoms with Gasteiger partial charge in [0, 0.05) is 5.56 Å². The van der Waals surface area contributed by atoms with E-state index < -0.39 is 18.0 Å². The number of carboxylic acids is 1. The molecule has 0 aliphatic carbocycles. The van der Waals surface area contributed by atoms with Crippen molar-refractivity contribution in [1.29, 1.82) is 0 Å². The largest absolute Gasteiger partial charge is 0.494 e. The summed E-state index contributed by atoms with van der Waals surface area (Å²) in [6.45, 7) is 1.83. The van der Waals surface area contributed by atoms with Gasteiger partial charge < -0.3 is 19.4 Å². The Labute approximate surface area is 148 Å². The highest BCUT2D eigenvalue weighted by Crippen LogP contribution is 2.26. The van der Waals surface area contributed by atoms with Gasteiger partial charge >= 0.3 is 12.1 Å². The fourth-order valence-corrected chi connectivity index (χ4v) is 1.78. The van der Waals surface area contributed by atoms with Crippen LogP contribution in [0.1, 0.15) is 5.82 Å². The monoisotopic (exact) mass is 388 g/mol. The van der Waals surface area contributed by atoms with Crippen LogP contribution in [-0.2, 0) is 4.79 Å². The number of benzene rings is 1. The van der Waals surface area contributed by atoms with E-state index in [2.05, 4.69) is 20.1 Å². The van der Waals surface area contributed by atoms with Crippen LogP contribution in [0.15, 0.2) is 28.9 Å². The summed E-state index contributed by atoms with van der Waals surface area (Å²) in [4.78, 5) is 20.2. The Kier molecular flexibility index (Phi) is 5.78. The summed E-state index contributed by atoms with van der Waals surface area (Å²) in [6.07, 6.45) is -3.47. The summed E-state index contributed by atoms with van der Waals surface area (Å²) in [7, 11) is 1.40. The molecule has 0 saturated carbocycles. The molecule has 0 radical (unpaired) electrons. The van der Waals surface area contributed by atoms with Gasteiger partial charge in [0.15, 0.2) is 11.6 Å². The Morgan fingerprint density at radius 3 is 2.52 bits per heavy atom. The Morgan fingerprint density at radius 1 is 1.33 bits per heavy atom. The number of aromatic nitrogens is 4. The van der Waals surface area contributed by atoms with Crippen molar-refractivity contribution in [3.8, 4) is 28.7 Å². The zero-order chi connectivity index (χ0) is 20.2. The van der Waals surface area contributed by atoms with Gasteiger partial charge in [-0.25, -0.2) is 14.2 Å². The Hall–Kier alpha value is -3.44. The van der Waals surface area contributed by atoms with Crippen LogP contribution in [0.4, 0.5) is 17.6 Å². The number of hydrogen-bond acceptors (Lipinski definition) is 6. The number of halogens is 4. The maximum atomic E-state index is 13.4. The van der Waals surface area contributed by atoms with Crippen LogP contribution in [0.3, 0.4) is 0 Å². The second-order valence-electron chi connectivity index (χ2n) is 4.96. The zero-order valence-corrected chi connectivity index (χ0v) is 13.8. The highest BCUT2D eigenvalue weighted by atomic mass is 19.4. The van der Waals surface area contributed by atoms with E-state index in [0.29, 0.717) is 23.0 Å². The molecule has 2 heterocycles. The number of ether oxygens (including phenoxy) is 1. The first-order valence-corrected chi connectivity index (χ1v) is 7.11. The first kappa shape index (κ1) is 19.9. The van der Waals surface area contributed by atoms with Crippen LogP contribution >= 0.6 is 0 Å². The lowest BCUT2D eigenvalue weighted by Gasteiger charge is -2.02. The van der Waals surface area contributed by atoms with Crippen LogP contribution in [0.2, 0.25) is 0 Å². The second kappa shape index (κ2) is 7.85. The normalized spacial score (nSPS) is 10.9. The minimum atomic E-state index is -5.08. The van der Waals surface area contributed by atoms with E-state index in [1.165, 1.54) is 19.2 Å². The van der Waals surface area contributed by atoms with Crippen LogP contribution < -0.4 is 4.74 Å². The lowest BCUT2D eigenvalue weighted by molar-refractivity contribution is -0.192. The summed E-state index contributed by atoms with van der Waals surface area (Å²) in [5.74, 6) is -1.64. The van der Waals surface area contributed by atoms with Gasteiger partial charge in [-0.05, 0) is 25.1 Å². The van der Waals surface area contributed by atoms with Gasteiger partial charge in [-0.1, -0.05) is 5.16 Å². The lowest BCUT2D eigenvalue weighted by atomic mass is 10.2. The molecular weight excluding hydrogens is 376 g/mol. The number of aromatic amines is 1. The molecule has 0 aliphatic rings. The molecule has 144 valence electrons. The molecule has 2 aromatic heterocycles. The molecule has 8 nitrogen and oxygen atoms in total. The number of methoxy groups -OCH3 is 1. The van der Waals surface area contributed by atoms with Crippen molar-refractivity contribution in [3.63, 3.8) is 0 Å². The maximum Gasteiger partial charge on any atom is 0.490 e. The molecule has 0 amide bonds. The first-order valence-electron chi connectivity index (χ1n) is 7.11. The molecule has 3 aromatic rings. The van der Waals surface area contributed by atoms with Crippen LogP contribution in [0, 0.1) is 12.7 Å². The van der Waals surface area contributed by atoms with E-state index in [4.69, 9.17) is 19.2 Å². The molecule has 0 spiro atoms. The fraction of sp³-hybridized carbons (Fsp3) is 0.200. The molecule has 1 aromatic carbocycles. The van der Waals surface area contributed by atoms with Crippen LogP contribution in [0.5, 0.6) is 5.75 Å². The van der Waals surface area contributed by atoms with Gasteiger partial charge in [0.1, 0.15) is 11.5 Å². The molecule has 0 fully saturated rings. The Bertz CT molecular complexity index is 936. The number of nitrogens with one attached hydrogen (secondary N) is 1. The third-order valence-corrected chi connectivity index (χ3v) is 3.01. The molecule has 3 rings (SSSR count). The molecular formula is C15H12F4N4O4. The fourth-order valence-electron chi connectivity index (χ4n) is 1.78. The molecule has 0 saturated heterocycles. The van der Waals surface area contributed by atoms with Gasteiger partial charge in [-0.15, -0.1) is 0 Å². The van der Waals surface area contributed by atoms with E-state index in [9.17, 15) is 17.6 Å². The number of aliphatic carboxylic acids is 1. The molecule has 0 bridgehead atoms. The van der Waals surface area contributed by atoms with Gasteiger partial charge in [0.25, 0.3) is 5.89 Å². The summed E-state index contributed by atoms with van der Waals surface area (Å²) in [6, 6.07) is 4.37. The first-order chi connectivity index (χ1) is 12.6. The Balaban J connectivity index is 0.000000321. The standard InChI is InChI=1S/C13H11FN4O2.C2HF3O2/c1-7-15-6-10(16-7)13-17-12(18-20-13)8-3-4-9(14)11(5-8)19-2;3-2(4,5)1(6)7/h3-6H,1-2H3,(H,15,16);(H,6,7). The molecule has 12 heteroatoms. The number of alkyl halides is 3. The Morgan fingerprint density at radius 2 is 2.00 bits per heavy atom. The highest BCUT2D eigenvalue weighted by molar-refractivity contribution is 5.73. The third-order valence-electron chi connectivity index (χ3n) is 3.01. The minimum Gasteiger partial charge on any atom is -0.494 e. The van der Waals surface area contributed by atoms with Crippen molar-refractivity contribution in [2.45, 2.75) is 13.1 Å². The molecule has 0 aliphatic heterocycles. The summed E-state index contributed by atoms with van der Waals surface area (Å²) in [5.41, 5.74) is 1.24. The van der Waals surface area contributed by atoms with Gasteiger partial charge in [-0.3, -0.25) is 0 Å². The number of H-pyrrole nitrogens is 1. The number of imidazole rings is 1. The quantitative estimate of drug-likeness (QED) is 0.662. The number of nitrogens with zero attached hydrogens (tertiary/aromatic N) is 3. The van der Waals surface area contributed by atoms with E-state index in [1.54, 1.807) is 12.3 Å². The zero-order valence-electron chi connectivity index (χ0n) is 13.8. The average molecular weight is 388 g/mol. The predicted octanol–water partition coefficient (Wildman–Crippen LogP) is 3.22. The molecule has 0 unspecified atom stereocenters. The number of aryl methyl sites for hydroxylation is 1. The second-order valence-corrected chi connectivity index (χ2v) is 4.96. The number of carbonyl (C=O) groups is 1. The van der Waals surface area contributed by atoms with Gasteiger partial charge in [0.05, 0.1) is 13.3 Å². The van der Waals surface area contributed by atoms with Crippen LogP contribution in [-0.4, -0.2) is 44.5 Å². The number of rotatable bonds is 3.